The van der Waals surface area contributed by atoms with Crippen molar-refractivity contribution in [1.29, 1.82) is 0 Å². The molecule has 3 heteroatoms. The van der Waals surface area contributed by atoms with E-state index in [2.05, 4.69) is 123 Å². The molecule has 0 saturated heterocycles. The molecule has 0 atom stereocenters. The van der Waals surface area contributed by atoms with Crippen molar-refractivity contribution in [3.05, 3.63) is 120 Å². The Morgan fingerprint density at radius 1 is 0.595 bits per heavy atom. The van der Waals surface area contributed by atoms with Crippen LogP contribution in [0.3, 0.4) is 0 Å². The summed E-state index contributed by atoms with van der Waals surface area (Å²) in [5.74, 6) is 0. The third-order valence-electron chi connectivity index (χ3n) is 8.21. The van der Waals surface area contributed by atoms with Gasteiger partial charge in [-0.3, -0.25) is 0 Å². The van der Waals surface area contributed by atoms with Crippen LogP contribution in [-0.4, -0.2) is 28.6 Å². The third-order valence-corrected chi connectivity index (χ3v) is 23.8. The molecule has 0 unspecified atom stereocenters. The summed E-state index contributed by atoms with van der Waals surface area (Å²) in [6.07, 6.45) is 10.2. The van der Waals surface area contributed by atoms with Gasteiger partial charge in [-0.1, -0.05) is 0 Å². The van der Waals surface area contributed by atoms with Crippen LogP contribution in [0, 0.1) is 0 Å². The van der Waals surface area contributed by atoms with E-state index in [1.165, 1.54) is 74.2 Å². The summed E-state index contributed by atoms with van der Waals surface area (Å²) >= 11 is -2.83. The second kappa shape index (κ2) is 13.5. The number of unbranched alkanes of at least 4 members (excludes halogenated alkanes) is 3. The number of hydrogen-bond acceptors (Lipinski definition) is 1. The Hall–Kier alpha value is -2.33. The van der Waals surface area contributed by atoms with Crippen LogP contribution in [0.4, 0.5) is 0 Å². The fourth-order valence-corrected chi connectivity index (χ4v) is 22.7. The van der Waals surface area contributed by atoms with Gasteiger partial charge in [-0.15, -0.1) is 0 Å². The summed E-state index contributed by atoms with van der Waals surface area (Å²) in [7, 11) is 0. The topological polar surface area (TPSA) is 28.7 Å². The average molecular weight is 599 g/mol. The Morgan fingerprint density at radius 3 is 1.32 bits per heavy atom. The normalized spacial score (nSPS) is 12.1. The van der Waals surface area contributed by atoms with E-state index in [0.29, 0.717) is 0 Å². The zero-order valence-electron chi connectivity index (χ0n) is 23.0. The Labute approximate surface area is 228 Å². The summed E-state index contributed by atoms with van der Waals surface area (Å²) in [6.45, 7) is 7.07. The molecule has 0 aliphatic heterocycles. The van der Waals surface area contributed by atoms with Crippen molar-refractivity contribution < 1.29 is 0 Å². The van der Waals surface area contributed by atoms with Crippen molar-refractivity contribution in [1.82, 2.24) is 10.2 Å². The molecule has 4 aromatic rings. The molecular weight excluding hydrogens is 555 g/mol. The maximum absolute atomic E-state index is 5.24. The number of benzene rings is 3. The molecule has 37 heavy (non-hydrogen) atoms. The number of H-pyrrole nitrogens is 1. The molecule has 3 aromatic carbocycles. The summed E-state index contributed by atoms with van der Waals surface area (Å²) < 4.78 is 5.89. The van der Waals surface area contributed by atoms with Crippen molar-refractivity contribution in [2.24, 2.45) is 0 Å². The van der Waals surface area contributed by atoms with Crippen LogP contribution in [0.25, 0.3) is 0 Å². The van der Waals surface area contributed by atoms with Crippen molar-refractivity contribution in [3.63, 3.8) is 0 Å². The molecule has 0 amide bonds. The van der Waals surface area contributed by atoms with Crippen LogP contribution in [0.2, 0.25) is 13.3 Å². The van der Waals surface area contributed by atoms with Crippen molar-refractivity contribution >= 4 is 22.0 Å². The Morgan fingerprint density at radius 2 is 0.973 bits per heavy atom. The van der Waals surface area contributed by atoms with Crippen molar-refractivity contribution in [3.8, 4) is 0 Å². The molecule has 1 aromatic heterocycles. The number of aromatic amines is 1. The summed E-state index contributed by atoms with van der Waals surface area (Å²) in [5, 5.41) is 8.69. The molecule has 0 spiro atoms. The molecule has 0 saturated carbocycles. The first-order valence-corrected chi connectivity index (χ1v) is 21.9. The quantitative estimate of drug-likeness (QED) is 0.114. The van der Waals surface area contributed by atoms with Gasteiger partial charge in [-0.2, -0.15) is 0 Å². The van der Waals surface area contributed by atoms with Gasteiger partial charge in [0.25, 0.3) is 0 Å². The summed E-state index contributed by atoms with van der Waals surface area (Å²) in [5.41, 5.74) is 4.69. The molecule has 2 nitrogen and oxygen atoms in total. The van der Waals surface area contributed by atoms with Gasteiger partial charge in [0.2, 0.25) is 0 Å². The Bertz CT molecular complexity index is 1070. The second-order valence-corrected chi connectivity index (χ2v) is 23.7. The third kappa shape index (κ3) is 5.74. The molecule has 4 rings (SSSR count). The number of hydrogen-bond donors (Lipinski definition) is 1. The molecular formula is C34H44N2Sn. The van der Waals surface area contributed by atoms with Crippen molar-refractivity contribution in [2.45, 2.75) is 78.0 Å². The SMILES string of the molecule is CCC[CH2][Sn]([CH2]CCC)([CH2]CCC)[c]1c[nH]nc1C(c1ccccc1)(c1ccccc1)c1ccccc1. The molecule has 0 aliphatic carbocycles. The zero-order chi connectivity index (χ0) is 26.0. The van der Waals surface area contributed by atoms with Gasteiger partial charge in [0.05, 0.1) is 0 Å². The van der Waals surface area contributed by atoms with Crippen LogP contribution in [0.15, 0.2) is 97.2 Å². The van der Waals surface area contributed by atoms with E-state index in [1.807, 2.05) is 0 Å². The first-order chi connectivity index (χ1) is 18.2. The molecule has 1 N–H and O–H groups in total. The predicted octanol–water partition coefficient (Wildman–Crippen LogP) is 8.85. The first kappa shape index (κ1) is 27.7. The summed E-state index contributed by atoms with van der Waals surface area (Å²) in [4.78, 5) is 0. The zero-order valence-corrected chi connectivity index (χ0v) is 25.9. The molecule has 0 bridgehead atoms. The molecule has 0 radical (unpaired) electrons. The van der Waals surface area contributed by atoms with Gasteiger partial charge >= 0.3 is 230 Å². The molecule has 0 aliphatic rings. The van der Waals surface area contributed by atoms with E-state index >= 15 is 0 Å². The predicted molar refractivity (Wildman–Crippen MR) is 161 cm³/mol. The molecule has 0 fully saturated rings. The number of rotatable bonds is 14. The first-order valence-electron chi connectivity index (χ1n) is 14.4. The Balaban J connectivity index is 2.07. The van der Waals surface area contributed by atoms with E-state index in [0.717, 1.165) is 0 Å². The van der Waals surface area contributed by atoms with E-state index in [9.17, 15) is 0 Å². The van der Waals surface area contributed by atoms with Gasteiger partial charge in [0.15, 0.2) is 0 Å². The van der Waals surface area contributed by atoms with Gasteiger partial charge < -0.3 is 0 Å². The van der Waals surface area contributed by atoms with Gasteiger partial charge in [-0.05, 0) is 0 Å². The van der Waals surface area contributed by atoms with Crippen LogP contribution < -0.4 is 3.58 Å². The fourth-order valence-electron chi connectivity index (χ4n) is 6.28. The number of nitrogens with one attached hydrogen (secondary N) is 1. The standard InChI is InChI=1S/C22H17N2.3C4H9.Sn/c1-4-10-18(11-5-1)22(21-16-17-23-24-21,19-12-6-2-7-13-19)20-14-8-3-9-15-20;3*1-3-4-2;/h1-15,17H,(H,23,24);3*1,3-4H2,2H3;. The van der Waals surface area contributed by atoms with E-state index in [1.54, 1.807) is 3.58 Å². The maximum atomic E-state index is 5.24. The number of nitrogens with zero attached hydrogens (tertiary/aromatic N) is 1. The minimum absolute atomic E-state index is 0.452. The fraction of sp³-hybridized carbons (Fsp3) is 0.382. The molecule has 1 heterocycles. The Kier molecular flexibility index (Phi) is 10.1. The van der Waals surface area contributed by atoms with Crippen LogP contribution >= 0.6 is 0 Å². The van der Waals surface area contributed by atoms with Crippen molar-refractivity contribution in [2.75, 3.05) is 0 Å². The second-order valence-electron chi connectivity index (χ2n) is 10.6. The monoisotopic (exact) mass is 600 g/mol. The summed E-state index contributed by atoms with van der Waals surface area (Å²) in [6, 6.07) is 33.3. The van der Waals surface area contributed by atoms with Gasteiger partial charge in [0, 0.05) is 0 Å². The minimum atomic E-state index is -2.83. The average Bonchev–Trinajstić information content (AvgIpc) is 3.46. The van der Waals surface area contributed by atoms with Crippen LogP contribution in [-0.2, 0) is 5.41 Å². The van der Waals surface area contributed by atoms with E-state index in [4.69, 9.17) is 5.10 Å². The van der Waals surface area contributed by atoms with Crippen LogP contribution in [0.1, 0.15) is 81.7 Å². The molecule has 194 valence electrons. The van der Waals surface area contributed by atoms with Gasteiger partial charge in [-0.25, -0.2) is 0 Å². The van der Waals surface area contributed by atoms with E-state index < -0.39 is 23.8 Å². The van der Waals surface area contributed by atoms with Crippen LogP contribution in [0.5, 0.6) is 0 Å². The number of aromatic nitrogens is 2. The van der Waals surface area contributed by atoms with E-state index in [-0.39, 0.29) is 0 Å². The van der Waals surface area contributed by atoms with Gasteiger partial charge in [0.1, 0.15) is 0 Å².